The average molecular weight is 514 g/mol. The molecule has 1 saturated heterocycles. The van der Waals surface area contributed by atoms with E-state index in [2.05, 4.69) is 42.2 Å². The van der Waals surface area contributed by atoms with Crippen LogP contribution in [0.2, 0.25) is 0 Å². The number of ether oxygens (including phenoxy) is 1. The Morgan fingerprint density at radius 3 is 2.63 bits per heavy atom. The summed E-state index contributed by atoms with van der Waals surface area (Å²) in [6, 6.07) is 12.8. The lowest BCUT2D eigenvalue weighted by Gasteiger charge is -2.55. The number of pyridine rings is 1. The molecule has 3 fully saturated rings. The van der Waals surface area contributed by atoms with Crippen LogP contribution in [0.1, 0.15) is 69.8 Å². The molecular formula is C33H33F2NO2. The Balaban J connectivity index is 1.37. The van der Waals surface area contributed by atoms with Gasteiger partial charge in [-0.15, -0.1) is 0 Å². The maximum absolute atomic E-state index is 14.3. The lowest BCUT2D eigenvalue weighted by Crippen LogP contribution is -2.52. The van der Waals surface area contributed by atoms with Gasteiger partial charge in [0.05, 0.1) is 6.61 Å². The zero-order valence-corrected chi connectivity index (χ0v) is 21.8. The molecular weight excluding hydrogens is 480 g/mol. The number of hydrogen-bond acceptors (Lipinski definition) is 3. The third-order valence-corrected chi connectivity index (χ3v) is 10.6. The van der Waals surface area contributed by atoms with Crippen molar-refractivity contribution in [3.8, 4) is 11.1 Å². The van der Waals surface area contributed by atoms with Gasteiger partial charge in [-0.05, 0) is 90.3 Å². The molecule has 2 aromatic rings. The fraction of sp³-hybridized carbons (Fsp3) is 0.455. The van der Waals surface area contributed by atoms with E-state index in [1.165, 1.54) is 22.3 Å². The van der Waals surface area contributed by atoms with Gasteiger partial charge in [-0.3, -0.25) is 9.78 Å². The first-order chi connectivity index (χ1) is 18.4. The molecule has 2 saturated carbocycles. The average Bonchev–Trinajstić information content (AvgIpc) is 3.50. The highest BCUT2D eigenvalue weighted by atomic mass is 19.3. The number of ketones is 1. The van der Waals surface area contributed by atoms with Crippen LogP contribution < -0.4 is 0 Å². The first-order valence-corrected chi connectivity index (χ1v) is 14.1. The van der Waals surface area contributed by atoms with Crippen LogP contribution in [0, 0.1) is 17.3 Å². The normalized spacial score (nSPS) is 34.2. The SMILES string of the molecule is C[C@]12C[C@H](c3ccc(-c4cccnc4)cc3)C3=C4CCC(=O)C=C4CC[C@H]3[C@@H]1CC[C@]21OCCC1=C(F)F. The van der Waals surface area contributed by atoms with Crippen molar-refractivity contribution in [2.24, 2.45) is 17.3 Å². The minimum Gasteiger partial charge on any atom is -0.370 e. The highest BCUT2D eigenvalue weighted by molar-refractivity contribution is 5.93. The molecule has 5 heteroatoms. The maximum Gasteiger partial charge on any atom is 0.272 e. The molecule has 0 radical (unpaired) electrons. The van der Waals surface area contributed by atoms with Gasteiger partial charge in [0, 0.05) is 42.1 Å². The molecule has 5 aliphatic rings. The molecule has 0 unspecified atom stereocenters. The van der Waals surface area contributed by atoms with Crippen molar-refractivity contribution in [3.05, 3.63) is 88.8 Å². The van der Waals surface area contributed by atoms with E-state index in [0.717, 1.165) is 43.2 Å². The van der Waals surface area contributed by atoms with E-state index in [1.54, 1.807) is 6.20 Å². The van der Waals surface area contributed by atoms with Crippen LogP contribution in [0.15, 0.2) is 83.2 Å². The van der Waals surface area contributed by atoms with Crippen LogP contribution in [0.4, 0.5) is 8.78 Å². The Kier molecular flexibility index (Phi) is 5.59. The molecule has 1 aliphatic heterocycles. The number of nitrogens with zero attached hydrogens (tertiary/aromatic N) is 1. The van der Waals surface area contributed by atoms with E-state index in [4.69, 9.17) is 4.74 Å². The number of hydrogen-bond donors (Lipinski definition) is 0. The Morgan fingerprint density at radius 1 is 1.03 bits per heavy atom. The van der Waals surface area contributed by atoms with Crippen molar-refractivity contribution in [2.45, 2.75) is 69.8 Å². The fourth-order valence-corrected chi connectivity index (χ4v) is 8.98. The maximum atomic E-state index is 14.3. The van der Waals surface area contributed by atoms with Gasteiger partial charge in [-0.1, -0.05) is 42.8 Å². The van der Waals surface area contributed by atoms with Gasteiger partial charge in [0.25, 0.3) is 6.08 Å². The lowest BCUT2D eigenvalue weighted by atomic mass is 9.50. The van der Waals surface area contributed by atoms with E-state index >= 15 is 0 Å². The number of carbonyl (C=O) groups excluding carboxylic acids is 1. The second kappa shape index (κ2) is 8.81. The van der Waals surface area contributed by atoms with Gasteiger partial charge in [0.2, 0.25) is 0 Å². The van der Waals surface area contributed by atoms with E-state index in [1.807, 2.05) is 18.3 Å². The Bertz CT molecular complexity index is 1390. The second-order valence-corrected chi connectivity index (χ2v) is 12.1. The van der Waals surface area contributed by atoms with Crippen molar-refractivity contribution in [3.63, 3.8) is 0 Å². The van der Waals surface area contributed by atoms with Gasteiger partial charge >= 0.3 is 0 Å². The first kappa shape index (κ1) is 24.1. The summed E-state index contributed by atoms with van der Waals surface area (Å²) in [5.74, 6) is 1.000. The van der Waals surface area contributed by atoms with Crippen molar-refractivity contribution >= 4 is 5.78 Å². The number of benzene rings is 1. The van der Waals surface area contributed by atoms with Gasteiger partial charge in [0.1, 0.15) is 5.60 Å². The van der Waals surface area contributed by atoms with Crippen LogP contribution in [-0.4, -0.2) is 23.0 Å². The van der Waals surface area contributed by atoms with E-state index in [0.29, 0.717) is 37.7 Å². The minimum absolute atomic E-state index is 0.124. The molecule has 196 valence electrons. The van der Waals surface area contributed by atoms with Crippen LogP contribution in [0.5, 0.6) is 0 Å². The summed E-state index contributed by atoms with van der Waals surface area (Å²) in [5, 5.41) is 0. The molecule has 2 heterocycles. The Hall–Kier alpha value is -2.92. The van der Waals surface area contributed by atoms with Crippen molar-refractivity contribution in [2.75, 3.05) is 6.61 Å². The third kappa shape index (κ3) is 3.40. The third-order valence-electron chi connectivity index (χ3n) is 10.6. The standard InChI is InChI=1S/C33H33F2NO2/c1-32-18-27(21-6-4-20(5-7-21)23-3-2-15-36-19-23)30-25-11-9-24(37)17-22(25)8-10-26(30)28(32)12-14-33(32)29(31(34)35)13-16-38-33/h2-7,15,17,19,26-28H,8-14,16,18H2,1H3/t26-,27+,28-,32-,33+/m0/s1. The molecule has 5 atom stereocenters. The van der Waals surface area contributed by atoms with Crippen LogP contribution in [0.3, 0.4) is 0 Å². The zero-order chi connectivity index (χ0) is 26.1. The van der Waals surface area contributed by atoms with E-state index in [9.17, 15) is 13.6 Å². The first-order valence-electron chi connectivity index (χ1n) is 14.1. The quantitative estimate of drug-likeness (QED) is 0.409. The fourth-order valence-electron chi connectivity index (χ4n) is 8.98. The summed E-state index contributed by atoms with van der Waals surface area (Å²) in [7, 11) is 0. The topological polar surface area (TPSA) is 39.2 Å². The number of fused-ring (bicyclic) bond motifs is 5. The van der Waals surface area contributed by atoms with E-state index in [-0.39, 0.29) is 22.7 Å². The molecule has 7 rings (SSSR count). The Morgan fingerprint density at radius 2 is 1.87 bits per heavy atom. The largest absolute Gasteiger partial charge is 0.370 e. The van der Waals surface area contributed by atoms with Gasteiger partial charge in [-0.25, -0.2) is 0 Å². The lowest BCUT2D eigenvalue weighted by molar-refractivity contribution is -0.114. The molecule has 4 aliphatic carbocycles. The highest BCUT2D eigenvalue weighted by Crippen LogP contribution is 2.70. The van der Waals surface area contributed by atoms with Crippen molar-refractivity contribution < 1.29 is 18.3 Å². The summed E-state index contributed by atoms with van der Waals surface area (Å²) >= 11 is 0. The molecule has 1 spiro atoms. The molecule has 3 nitrogen and oxygen atoms in total. The zero-order valence-electron chi connectivity index (χ0n) is 21.8. The van der Waals surface area contributed by atoms with Crippen LogP contribution >= 0.6 is 0 Å². The molecule has 1 aromatic heterocycles. The van der Waals surface area contributed by atoms with Gasteiger partial charge in [-0.2, -0.15) is 8.78 Å². The van der Waals surface area contributed by atoms with Crippen molar-refractivity contribution in [1.29, 1.82) is 0 Å². The second-order valence-electron chi connectivity index (χ2n) is 12.1. The number of carbonyl (C=O) groups is 1. The summed E-state index contributed by atoms with van der Waals surface area (Å²) in [5.41, 5.74) is 6.52. The number of rotatable bonds is 2. The highest BCUT2D eigenvalue weighted by Gasteiger charge is 2.67. The summed E-state index contributed by atoms with van der Waals surface area (Å²) < 4.78 is 35.0. The summed E-state index contributed by atoms with van der Waals surface area (Å²) in [6.07, 6.45) is 9.97. The van der Waals surface area contributed by atoms with Crippen LogP contribution in [0.25, 0.3) is 11.1 Å². The number of aromatic nitrogens is 1. The van der Waals surface area contributed by atoms with Crippen molar-refractivity contribution in [1.82, 2.24) is 4.98 Å². The summed E-state index contributed by atoms with van der Waals surface area (Å²) in [6.45, 7) is 2.63. The molecule has 0 amide bonds. The number of allylic oxidation sites excluding steroid dienone is 4. The monoisotopic (exact) mass is 513 g/mol. The number of halogens is 2. The minimum atomic E-state index is -1.54. The van der Waals surface area contributed by atoms with Gasteiger partial charge < -0.3 is 4.74 Å². The van der Waals surface area contributed by atoms with E-state index < -0.39 is 11.7 Å². The Labute approximate surface area is 222 Å². The van der Waals surface area contributed by atoms with Crippen LogP contribution in [-0.2, 0) is 9.53 Å². The van der Waals surface area contributed by atoms with Gasteiger partial charge in [0.15, 0.2) is 5.78 Å². The smallest absolute Gasteiger partial charge is 0.272 e. The predicted molar refractivity (Wildman–Crippen MR) is 142 cm³/mol. The molecule has 38 heavy (non-hydrogen) atoms. The predicted octanol–water partition coefficient (Wildman–Crippen LogP) is 7.96. The molecule has 1 aromatic carbocycles. The molecule has 0 N–H and O–H groups in total. The summed E-state index contributed by atoms with van der Waals surface area (Å²) in [4.78, 5) is 16.6. The molecule has 0 bridgehead atoms.